The summed E-state index contributed by atoms with van der Waals surface area (Å²) in [6, 6.07) is 24.6. The van der Waals surface area contributed by atoms with E-state index in [1.807, 2.05) is 73.7 Å². The Morgan fingerprint density at radius 2 is 1.66 bits per heavy atom. The number of carbonyl (C=O) groups is 1. The van der Waals surface area contributed by atoms with Crippen LogP contribution < -0.4 is 5.56 Å². The van der Waals surface area contributed by atoms with Gasteiger partial charge in [0.25, 0.3) is 5.56 Å². The van der Waals surface area contributed by atoms with Gasteiger partial charge in [0.05, 0.1) is 12.1 Å². The van der Waals surface area contributed by atoms with Crippen molar-refractivity contribution in [1.29, 1.82) is 0 Å². The van der Waals surface area contributed by atoms with E-state index in [9.17, 15) is 9.59 Å². The van der Waals surface area contributed by atoms with Gasteiger partial charge >= 0.3 is 5.97 Å². The highest BCUT2D eigenvalue weighted by Gasteiger charge is 2.18. The van der Waals surface area contributed by atoms with Crippen LogP contribution in [0.3, 0.4) is 0 Å². The second-order valence-corrected chi connectivity index (χ2v) is 8.20. The summed E-state index contributed by atoms with van der Waals surface area (Å²) >= 11 is 0. The van der Waals surface area contributed by atoms with Crippen LogP contribution in [0.2, 0.25) is 0 Å². The Labute approximate surface area is 201 Å². The van der Waals surface area contributed by atoms with Crippen molar-refractivity contribution in [3.05, 3.63) is 113 Å². The molecule has 0 radical (unpaired) electrons. The monoisotopic (exact) mass is 465 g/mol. The van der Waals surface area contributed by atoms with Crippen LogP contribution in [0.5, 0.6) is 0 Å². The van der Waals surface area contributed by atoms with Crippen LogP contribution in [0.15, 0.2) is 94.3 Å². The number of esters is 1. The van der Waals surface area contributed by atoms with Gasteiger partial charge in [0, 0.05) is 29.8 Å². The largest absolute Gasteiger partial charge is 0.459 e. The zero-order valence-corrected chi connectivity index (χ0v) is 19.2. The summed E-state index contributed by atoms with van der Waals surface area (Å²) in [5.41, 5.74) is 4.24. The summed E-state index contributed by atoms with van der Waals surface area (Å²) in [5, 5.41) is 0. The molecule has 2 aromatic carbocycles. The first-order valence-corrected chi connectivity index (χ1v) is 11.3. The van der Waals surface area contributed by atoms with Gasteiger partial charge < -0.3 is 9.15 Å². The van der Waals surface area contributed by atoms with Gasteiger partial charge in [-0.25, -0.2) is 9.97 Å². The number of ether oxygens (including phenoxy) is 1. The van der Waals surface area contributed by atoms with Crippen LogP contribution in [0.25, 0.3) is 28.2 Å². The first-order valence-electron chi connectivity index (χ1n) is 11.3. The van der Waals surface area contributed by atoms with E-state index in [1.54, 1.807) is 12.3 Å². The molecule has 35 heavy (non-hydrogen) atoms. The smallest absolute Gasteiger partial charge is 0.306 e. The lowest BCUT2D eigenvalue weighted by molar-refractivity contribution is -0.145. The second-order valence-electron chi connectivity index (χ2n) is 8.20. The fraction of sp³-hybridized carbons (Fsp3) is 0.143. The van der Waals surface area contributed by atoms with Crippen molar-refractivity contribution < 1.29 is 13.9 Å². The fourth-order valence-electron chi connectivity index (χ4n) is 3.82. The Morgan fingerprint density at radius 1 is 0.943 bits per heavy atom. The third kappa shape index (κ3) is 5.04. The van der Waals surface area contributed by atoms with Gasteiger partial charge in [0.2, 0.25) is 0 Å². The highest BCUT2D eigenvalue weighted by molar-refractivity contribution is 5.77. The summed E-state index contributed by atoms with van der Waals surface area (Å²) < 4.78 is 12.9. The Kier molecular flexibility index (Phi) is 6.22. The lowest BCUT2D eigenvalue weighted by Gasteiger charge is -2.06. The van der Waals surface area contributed by atoms with Crippen LogP contribution in [0, 0.1) is 6.92 Å². The number of carbonyl (C=O) groups excluding carboxylic acids is 1. The van der Waals surface area contributed by atoms with Crippen LogP contribution >= 0.6 is 0 Å². The third-order valence-electron chi connectivity index (χ3n) is 5.54. The van der Waals surface area contributed by atoms with Gasteiger partial charge in [-0.1, -0.05) is 66.7 Å². The van der Waals surface area contributed by atoms with E-state index in [0.717, 1.165) is 22.4 Å². The molecule has 3 aromatic heterocycles. The molecule has 0 aliphatic heterocycles. The zero-order valence-electron chi connectivity index (χ0n) is 19.2. The minimum absolute atomic E-state index is 0.0748. The van der Waals surface area contributed by atoms with E-state index in [1.165, 1.54) is 10.5 Å². The van der Waals surface area contributed by atoms with Gasteiger partial charge in [0.15, 0.2) is 11.7 Å². The number of hydrogen-bond donors (Lipinski definition) is 0. The number of fused-ring (bicyclic) bond motifs is 1. The molecule has 174 valence electrons. The number of benzene rings is 2. The molecule has 3 heterocycles. The average Bonchev–Trinajstić information content (AvgIpc) is 3.32. The zero-order chi connectivity index (χ0) is 24.2. The summed E-state index contributed by atoms with van der Waals surface area (Å²) in [4.78, 5) is 33.8. The molecule has 0 saturated carbocycles. The molecule has 0 fully saturated rings. The Balaban J connectivity index is 1.28. The normalized spacial score (nSPS) is 11.0. The second kappa shape index (κ2) is 9.77. The molecular formula is C28H23N3O4. The minimum atomic E-state index is -0.420. The third-order valence-corrected chi connectivity index (χ3v) is 5.54. The van der Waals surface area contributed by atoms with Crippen LogP contribution in [-0.4, -0.2) is 20.3 Å². The number of nitrogens with zero attached hydrogens (tertiary/aromatic N) is 3. The van der Waals surface area contributed by atoms with Crippen molar-refractivity contribution in [2.45, 2.75) is 26.4 Å². The predicted molar refractivity (Wildman–Crippen MR) is 132 cm³/mol. The van der Waals surface area contributed by atoms with Crippen LogP contribution in [-0.2, 0) is 22.6 Å². The van der Waals surface area contributed by atoms with E-state index < -0.39 is 5.97 Å². The van der Waals surface area contributed by atoms with E-state index >= 15 is 0 Å². The molecule has 0 bridgehead atoms. The van der Waals surface area contributed by atoms with E-state index in [2.05, 4.69) is 9.97 Å². The van der Waals surface area contributed by atoms with E-state index in [0.29, 0.717) is 29.4 Å². The van der Waals surface area contributed by atoms with Gasteiger partial charge in [-0.05, 0) is 18.6 Å². The van der Waals surface area contributed by atoms with Gasteiger partial charge in [0.1, 0.15) is 17.9 Å². The highest BCUT2D eigenvalue weighted by Crippen LogP contribution is 2.32. The first-order chi connectivity index (χ1) is 17.1. The summed E-state index contributed by atoms with van der Waals surface area (Å²) in [5.74, 6) is 0.699. The molecule has 0 saturated heterocycles. The van der Waals surface area contributed by atoms with Gasteiger partial charge in [-0.2, -0.15) is 0 Å². The molecule has 5 rings (SSSR count). The standard InChI is InChI=1S/C28H23N3O4/c1-19-12-13-23-29-22(16-25(32)31(23)17-19)18-34-26(33)15-14-24-30-27(20-8-4-2-5-9-20)28(35-24)21-10-6-3-7-11-21/h2-13,16-17H,14-15,18H2,1H3. The van der Waals surface area contributed by atoms with E-state index in [-0.39, 0.29) is 18.6 Å². The number of pyridine rings is 1. The lowest BCUT2D eigenvalue weighted by Crippen LogP contribution is -2.17. The minimum Gasteiger partial charge on any atom is -0.459 e. The lowest BCUT2D eigenvalue weighted by atomic mass is 10.1. The maximum absolute atomic E-state index is 12.4. The van der Waals surface area contributed by atoms with Crippen molar-refractivity contribution >= 4 is 11.6 Å². The summed E-state index contributed by atoms with van der Waals surface area (Å²) in [7, 11) is 0. The Bertz CT molecular complexity index is 1480. The maximum Gasteiger partial charge on any atom is 0.306 e. The molecule has 0 spiro atoms. The van der Waals surface area contributed by atoms with Gasteiger partial charge in [-0.3, -0.25) is 14.0 Å². The highest BCUT2D eigenvalue weighted by atomic mass is 16.5. The van der Waals surface area contributed by atoms with Gasteiger partial charge in [-0.15, -0.1) is 0 Å². The molecule has 0 aliphatic carbocycles. The molecule has 7 nitrogen and oxygen atoms in total. The topological polar surface area (TPSA) is 86.7 Å². The number of aromatic nitrogens is 3. The molecule has 7 heteroatoms. The molecular weight excluding hydrogens is 442 g/mol. The Hall–Kier alpha value is -4.52. The fourth-order valence-corrected chi connectivity index (χ4v) is 3.82. The maximum atomic E-state index is 12.4. The number of aryl methyl sites for hydroxylation is 2. The predicted octanol–water partition coefficient (Wildman–Crippen LogP) is 5.00. The first kappa shape index (κ1) is 22.3. The summed E-state index contributed by atoms with van der Waals surface area (Å²) in [6.07, 6.45) is 2.11. The molecule has 0 aliphatic rings. The quantitative estimate of drug-likeness (QED) is 0.314. The number of oxazole rings is 1. The van der Waals surface area contributed by atoms with Crippen molar-refractivity contribution in [3.8, 4) is 22.6 Å². The number of hydrogen-bond acceptors (Lipinski definition) is 6. The van der Waals surface area contributed by atoms with E-state index in [4.69, 9.17) is 9.15 Å². The average molecular weight is 466 g/mol. The molecule has 0 atom stereocenters. The number of rotatable bonds is 7. The van der Waals surface area contributed by atoms with Crippen molar-refractivity contribution in [2.24, 2.45) is 0 Å². The molecule has 0 unspecified atom stereocenters. The molecule has 5 aromatic rings. The van der Waals surface area contributed by atoms with Crippen LogP contribution in [0.1, 0.15) is 23.6 Å². The summed E-state index contributed by atoms with van der Waals surface area (Å²) in [6.45, 7) is 1.83. The molecule has 0 N–H and O–H groups in total. The van der Waals surface area contributed by atoms with Crippen molar-refractivity contribution in [3.63, 3.8) is 0 Å². The SMILES string of the molecule is Cc1ccc2nc(COC(=O)CCc3nc(-c4ccccc4)c(-c4ccccc4)o3)cc(=O)n2c1. The molecule has 0 amide bonds. The van der Waals surface area contributed by atoms with Crippen molar-refractivity contribution in [2.75, 3.05) is 0 Å². The van der Waals surface area contributed by atoms with Crippen LogP contribution in [0.4, 0.5) is 0 Å². The Morgan fingerprint density at radius 3 is 2.40 bits per heavy atom. The van der Waals surface area contributed by atoms with Crippen molar-refractivity contribution in [1.82, 2.24) is 14.4 Å².